The van der Waals surface area contributed by atoms with Gasteiger partial charge in [0.25, 0.3) is 0 Å². The molecule has 0 radical (unpaired) electrons. The number of aldehydes is 1. The first-order chi connectivity index (χ1) is 18.4. The van der Waals surface area contributed by atoms with Crippen LogP contribution in [-0.4, -0.2) is 20.0 Å². The van der Waals surface area contributed by atoms with Crippen molar-refractivity contribution >= 4 is 6.29 Å². The highest BCUT2D eigenvalue weighted by Gasteiger charge is 2.65. The third kappa shape index (κ3) is 5.09. The van der Waals surface area contributed by atoms with Gasteiger partial charge in [0.2, 0.25) is 0 Å². The minimum absolute atomic E-state index is 0.0416. The number of carbonyl (C=O) groups excluding carboxylic acids is 1. The Kier molecular flexibility index (Phi) is 8.72. The Morgan fingerprint density at radius 2 is 1.33 bits per heavy atom. The van der Waals surface area contributed by atoms with Crippen molar-refractivity contribution < 1.29 is 49.4 Å². The van der Waals surface area contributed by atoms with Gasteiger partial charge in [-0.2, -0.15) is 17.6 Å². The maximum absolute atomic E-state index is 14.5. The molecule has 39 heavy (non-hydrogen) atoms. The van der Waals surface area contributed by atoms with E-state index in [0.29, 0.717) is 19.1 Å². The van der Waals surface area contributed by atoms with Gasteiger partial charge in [-0.25, -0.2) is 17.6 Å². The van der Waals surface area contributed by atoms with Crippen molar-refractivity contribution in [3.05, 3.63) is 94.6 Å². The molecular formula is C28H22F8O3. The second-order valence-corrected chi connectivity index (χ2v) is 8.27. The molecule has 0 aromatic heterocycles. The van der Waals surface area contributed by atoms with Gasteiger partial charge in [0.05, 0.1) is 30.4 Å². The maximum atomic E-state index is 14.5. The van der Waals surface area contributed by atoms with Crippen LogP contribution in [0, 0.1) is 23.3 Å². The van der Waals surface area contributed by atoms with Crippen molar-refractivity contribution in [3.8, 4) is 22.6 Å². The number of ether oxygens (including phenoxy) is 2. The van der Waals surface area contributed by atoms with Crippen LogP contribution in [0.5, 0.6) is 11.5 Å². The van der Waals surface area contributed by atoms with E-state index in [1.165, 1.54) is 19.1 Å². The predicted molar refractivity (Wildman–Crippen MR) is 128 cm³/mol. The Morgan fingerprint density at radius 1 is 0.795 bits per heavy atom. The Balaban J connectivity index is 0.000000255. The third-order valence-corrected chi connectivity index (χ3v) is 5.98. The van der Waals surface area contributed by atoms with E-state index in [0.717, 1.165) is 31.4 Å². The zero-order valence-corrected chi connectivity index (χ0v) is 20.7. The predicted octanol–water partition coefficient (Wildman–Crippen LogP) is 8.13. The van der Waals surface area contributed by atoms with Gasteiger partial charge >= 0.3 is 11.8 Å². The summed E-state index contributed by atoms with van der Waals surface area (Å²) in [5.74, 6) is -16.3. The Morgan fingerprint density at radius 3 is 1.82 bits per heavy atom. The van der Waals surface area contributed by atoms with E-state index in [1.54, 1.807) is 6.08 Å². The normalized spacial score (nSPS) is 14.3. The highest BCUT2D eigenvalue weighted by molar-refractivity contribution is 5.78. The third-order valence-electron chi connectivity index (χ3n) is 5.98. The van der Waals surface area contributed by atoms with Crippen molar-refractivity contribution in [2.24, 2.45) is 0 Å². The van der Waals surface area contributed by atoms with Gasteiger partial charge in [-0.3, -0.25) is 4.79 Å². The van der Waals surface area contributed by atoms with Crippen molar-refractivity contribution in [2.75, 3.05) is 13.7 Å². The van der Waals surface area contributed by atoms with E-state index in [9.17, 15) is 39.9 Å². The van der Waals surface area contributed by atoms with E-state index in [-0.39, 0.29) is 17.7 Å². The number of carbonyl (C=O) groups is 1. The molecule has 0 fully saturated rings. The SMILES string of the molecule is C=CCCc1ccc(C=O)c(F)c1F.CCOc1ccc2c(c1F)C(F)(F)C(F)(F)c1c-2ccc(OC)c1F. The number of methoxy groups -OCH3 is 1. The van der Waals surface area contributed by atoms with Gasteiger partial charge in [0.15, 0.2) is 41.1 Å². The van der Waals surface area contributed by atoms with E-state index < -0.39 is 68.9 Å². The lowest BCUT2D eigenvalue weighted by atomic mass is 9.79. The summed E-state index contributed by atoms with van der Waals surface area (Å²) in [6, 6.07) is 6.78. The molecule has 0 unspecified atom stereocenters. The summed E-state index contributed by atoms with van der Waals surface area (Å²) < 4.78 is 122. The second kappa shape index (κ2) is 11.5. The number of halogens is 8. The summed E-state index contributed by atoms with van der Waals surface area (Å²) in [5, 5.41) is 0. The summed E-state index contributed by atoms with van der Waals surface area (Å²) in [4.78, 5) is 10.3. The fourth-order valence-corrected chi connectivity index (χ4v) is 4.06. The van der Waals surface area contributed by atoms with Crippen molar-refractivity contribution in [2.45, 2.75) is 31.6 Å². The lowest BCUT2D eigenvalue weighted by Crippen LogP contribution is -2.41. The van der Waals surface area contributed by atoms with Gasteiger partial charge in [-0.1, -0.05) is 12.1 Å². The summed E-state index contributed by atoms with van der Waals surface area (Å²) in [6.07, 6.45) is 2.91. The molecule has 1 aliphatic carbocycles. The van der Waals surface area contributed by atoms with Gasteiger partial charge < -0.3 is 9.47 Å². The first kappa shape index (κ1) is 29.7. The van der Waals surface area contributed by atoms with Crippen LogP contribution in [0.15, 0.2) is 49.1 Å². The fraction of sp³-hybridized carbons (Fsp3) is 0.250. The molecule has 208 valence electrons. The molecule has 3 aromatic carbocycles. The van der Waals surface area contributed by atoms with Gasteiger partial charge in [0, 0.05) is 0 Å². The fourth-order valence-electron chi connectivity index (χ4n) is 4.06. The second-order valence-electron chi connectivity index (χ2n) is 8.27. The molecule has 0 atom stereocenters. The van der Waals surface area contributed by atoms with Crippen LogP contribution in [0.3, 0.4) is 0 Å². The lowest BCUT2D eigenvalue weighted by molar-refractivity contribution is -0.228. The smallest absolute Gasteiger partial charge is 0.343 e. The van der Waals surface area contributed by atoms with Crippen molar-refractivity contribution in [3.63, 3.8) is 0 Å². The standard InChI is InChI=1S/C17H12F6O2.C11H10F2O/c1-3-25-11-7-5-9-8-4-6-10(24-2)14(18)12(8)16(20,21)17(22,23)13(9)15(11)19;1-2-3-4-8-5-6-9(7-14)11(13)10(8)12/h4-7H,3H2,1-2H3;2,5-7H,1,3-4H2. The Bertz CT molecular complexity index is 1400. The lowest BCUT2D eigenvalue weighted by Gasteiger charge is -2.35. The molecular weight excluding hydrogens is 536 g/mol. The van der Waals surface area contributed by atoms with Crippen LogP contribution < -0.4 is 9.47 Å². The number of rotatable bonds is 7. The number of allylic oxidation sites excluding steroid dienone is 1. The quantitative estimate of drug-likeness (QED) is 0.167. The minimum atomic E-state index is -4.97. The highest BCUT2D eigenvalue weighted by atomic mass is 19.3. The molecule has 0 spiro atoms. The van der Waals surface area contributed by atoms with Gasteiger partial charge in [-0.15, -0.1) is 6.58 Å². The van der Waals surface area contributed by atoms with Crippen LogP contribution >= 0.6 is 0 Å². The monoisotopic (exact) mass is 558 g/mol. The molecule has 0 heterocycles. The molecule has 0 bridgehead atoms. The van der Waals surface area contributed by atoms with Gasteiger partial charge in [0.1, 0.15) is 0 Å². The summed E-state index contributed by atoms with van der Waals surface area (Å²) in [6.45, 7) is 4.94. The number of aryl methyl sites for hydroxylation is 1. The zero-order valence-electron chi connectivity index (χ0n) is 20.7. The van der Waals surface area contributed by atoms with E-state index in [2.05, 4.69) is 11.3 Å². The summed E-state index contributed by atoms with van der Waals surface area (Å²) in [7, 11) is 1.02. The number of hydrogen-bond donors (Lipinski definition) is 0. The number of benzene rings is 3. The number of fused-ring (bicyclic) bond motifs is 3. The highest BCUT2D eigenvalue weighted by Crippen LogP contribution is 2.60. The van der Waals surface area contributed by atoms with Crippen LogP contribution in [0.4, 0.5) is 35.1 Å². The molecule has 0 saturated heterocycles. The zero-order chi connectivity index (χ0) is 29.1. The molecule has 0 aliphatic heterocycles. The summed E-state index contributed by atoms with van der Waals surface area (Å²) in [5.41, 5.74) is -4.05. The average Bonchev–Trinajstić information content (AvgIpc) is 2.90. The molecule has 1 aliphatic rings. The average molecular weight is 558 g/mol. The van der Waals surface area contributed by atoms with Crippen molar-refractivity contribution in [1.82, 2.24) is 0 Å². The van der Waals surface area contributed by atoms with E-state index in [4.69, 9.17) is 4.74 Å². The largest absolute Gasteiger partial charge is 0.494 e. The summed E-state index contributed by atoms with van der Waals surface area (Å²) >= 11 is 0. The minimum Gasteiger partial charge on any atom is -0.494 e. The molecule has 0 saturated carbocycles. The van der Waals surface area contributed by atoms with Crippen molar-refractivity contribution in [1.29, 1.82) is 0 Å². The maximum Gasteiger partial charge on any atom is 0.343 e. The molecule has 11 heteroatoms. The van der Waals surface area contributed by atoms with E-state index >= 15 is 0 Å². The Hall–Kier alpha value is -3.89. The molecule has 4 rings (SSSR count). The Labute approximate surface area is 218 Å². The van der Waals surface area contributed by atoms with Crippen LogP contribution in [0.1, 0.15) is 40.4 Å². The van der Waals surface area contributed by atoms with E-state index in [1.807, 2.05) is 0 Å². The van der Waals surface area contributed by atoms with Gasteiger partial charge in [-0.05, 0) is 66.8 Å². The number of alkyl halides is 4. The first-order valence-corrected chi connectivity index (χ1v) is 11.5. The van der Waals surface area contributed by atoms with Crippen LogP contribution in [0.25, 0.3) is 11.1 Å². The first-order valence-electron chi connectivity index (χ1n) is 11.5. The number of hydrogen-bond acceptors (Lipinski definition) is 3. The molecule has 0 N–H and O–H groups in total. The molecule has 3 aromatic rings. The topological polar surface area (TPSA) is 35.5 Å². The van der Waals surface area contributed by atoms with Crippen LogP contribution in [-0.2, 0) is 18.3 Å². The van der Waals surface area contributed by atoms with Crippen LogP contribution in [0.2, 0.25) is 0 Å². The molecule has 0 amide bonds. The molecule has 3 nitrogen and oxygen atoms in total.